The molecule has 0 aliphatic carbocycles. The largest absolute Gasteiger partial charge is 0.381 e. The topological polar surface area (TPSA) is 15.3 Å². The van der Waals surface area contributed by atoms with Gasteiger partial charge in [0.1, 0.15) is 5.82 Å². The van der Waals surface area contributed by atoms with Crippen molar-refractivity contribution in [1.29, 1.82) is 0 Å². The van der Waals surface area contributed by atoms with Crippen molar-refractivity contribution in [2.24, 2.45) is 0 Å². The minimum atomic E-state index is -0.159. The quantitative estimate of drug-likeness (QED) is 0.890. The molecule has 0 bridgehead atoms. The van der Waals surface area contributed by atoms with Crippen LogP contribution in [0.5, 0.6) is 0 Å². The number of benzene rings is 2. The lowest BCUT2D eigenvalue weighted by Crippen LogP contribution is -2.13. The molecule has 0 aromatic heterocycles. The molecule has 0 aliphatic heterocycles. The molecule has 1 N–H and O–H groups in total. The van der Waals surface area contributed by atoms with E-state index in [2.05, 4.69) is 16.3 Å². The zero-order valence-electron chi connectivity index (χ0n) is 12.3. The fourth-order valence-corrected chi connectivity index (χ4v) is 2.20. The van der Waals surface area contributed by atoms with Gasteiger partial charge >= 0.3 is 0 Å². The average Bonchev–Trinajstić information content (AvgIpc) is 2.41. The summed E-state index contributed by atoms with van der Waals surface area (Å²) >= 11 is 0. The van der Waals surface area contributed by atoms with Crippen molar-refractivity contribution in [2.45, 2.75) is 20.0 Å². The number of aryl methyl sites for hydroxylation is 1. The van der Waals surface area contributed by atoms with Gasteiger partial charge in [0.25, 0.3) is 0 Å². The molecule has 0 atom stereocenters. The van der Waals surface area contributed by atoms with Crippen LogP contribution in [0.4, 0.5) is 10.1 Å². The van der Waals surface area contributed by atoms with Crippen molar-refractivity contribution < 1.29 is 4.39 Å². The second kappa shape index (κ2) is 6.53. The van der Waals surface area contributed by atoms with Gasteiger partial charge in [0.2, 0.25) is 0 Å². The third kappa shape index (κ3) is 3.81. The Labute approximate surface area is 120 Å². The van der Waals surface area contributed by atoms with Gasteiger partial charge in [-0.05, 0) is 38.7 Å². The van der Waals surface area contributed by atoms with Gasteiger partial charge in [-0.15, -0.1) is 0 Å². The van der Waals surface area contributed by atoms with Gasteiger partial charge in [-0.2, -0.15) is 0 Å². The molecule has 0 saturated carbocycles. The Morgan fingerprint density at radius 2 is 1.80 bits per heavy atom. The molecule has 106 valence electrons. The summed E-state index contributed by atoms with van der Waals surface area (Å²) in [4.78, 5) is 2.12. The lowest BCUT2D eigenvalue weighted by Gasteiger charge is -2.16. The summed E-state index contributed by atoms with van der Waals surface area (Å²) in [6.07, 6.45) is 0. The number of halogens is 1. The molecule has 2 aromatic carbocycles. The van der Waals surface area contributed by atoms with Crippen LogP contribution in [0.2, 0.25) is 0 Å². The highest BCUT2D eigenvalue weighted by Crippen LogP contribution is 2.18. The molecular weight excluding hydrogens is 251 g/mol. The molecule has 2 rings (SSSR count). The predicted molar refractivity (Wildman–Crippen MR) is 82.3 cm³/mol. The molecule has 0 aliphatic rings. The van der Waals surface area contributed by atoms with Crippen LogP contribution in [0, 0.1) is 12.7 Å². The Morgan fingerprint density at radius 1 is 1.05 bits per heavy atom. The van der Waals surface area contributed by atoms with Gasteiger partial charge in [-0.1, -0.05) is 35.9 Å². The molecule has 20 heavy (non-hydrogen) atoms. The Bertz CT molecular complexity index is 579. The van der Waals surface area contributed by atoms with Crippen molar-refractivity contribution in [3.05, 3.63) is 65.0 Å². The van der Waals surface area contributed by atoms with E-state index in [9.17, 15) is 4.39 Å². The van der Waals surface area contributed by atoms with Gasteiger partial charge in [0.15, 0.2) is 0 Å². The van der Waals surface area contributed by atoms with Crippen LogP contribution in [0.3, 0.4) is 0 Å². The van der Waals surface area contributed by atoms with Gasteiger partial charge in [0, 0.05) is 24.3 Å². The van der Waals surface area contributed by atoms with Gasteiger partial charge in [-0.25, -0.2) is 4.39 Å². The summed E-state index contributed by atoms with van der Waals surface area (Å²) in [6, 6.07) is 13.3. The molecule has 2 nitrogen and oxygen atoms in total. The first-order valence-corrected chi connectivity index (χ1v) is 6.78. The average molecular weight is 272 g/mol. The van der Waals surface area contributed by atoms with Crippen molar-refractivity contribution in [3.63, 3.8) is 0 Å². The van der Waals surface area contributed by atoms with E-state index in [1.165, 1.54) is 11.6 Å². The van der Waals surface area contributed by atoms with E-state index >= 15 is 0 Å². The van der Waals surface area contributed by atoms with Crippen LogP contribution in [0.15, 0.2) is 42.5 Å². The SMILES string of the molecule is Cc1ccc(F)c(CNc2ccccc2CN(C)C)c1. The fraction of sp³-hybridized carbons (Fsp3) is 0.294. The molecule has 0 spiro atoms. The van der Waals surface area contributed by atoms with Crippen LogP contribution in [0.1, 0.15) is 16.7 Å². The summed E-state index contributed by atoms with van der Waals surface area (Å²) in [5.41, 5.74) is 4.04. The van der Waals surface area contributed by atoms with E-state index in [0.29, 0.717) is 12.1 Å². The molecule has 0 unspecified atom stereocenters. The molecule has 0 saturated heterocycles. The number of rotatable bonds is 5. The predicted octanol–water partition coefficient (Wildman–Crippen LogP) is 3.81. The molecule has 2 aromatic rings. The van der Waals surface area contributed by atoms with Crippen LogP contribution < -0.4 is 5.32 Å². The minimum Gasteiger partial charge on any atom is -0.381 e. The van der Waals surface area contributed by atoms with Crippen molar-refractivity contribution in [2.75, 3.05) is 19.4 Å². The zero-order chi connectivity index (χ0) is 14.5. The first kappa shape index (κ1) is 14.5. The highest BCUT2D eigenvalue weighted by molar-refractivity contribution is 5.51. The first-order valence-electron chi connectivity index (χ1n) is 6.78. The van der Waals surface area contributed by atoms with E-state index in [-0.39, 0.29) is 5.82 Å². The molecule has 0 fully saturated rings. The zero-order valence-corrected chi connectivity index (χ0v) is 12.3. The molecule has 3 heteroatoms. The van der Waals surface area contributed by atoms with E-state index in [1.807, 2.05) is 45.3 Å². The first-order chi connectivity index (χ1) is 9.56. The summed E-state index contributed by atoms with van der Waals surface area (Å²) in [6.45, 7) is 3.33. The Kier molecular flexibility index (Phi) is 4.74. The van der Waals surface area contributed by atoms with Crippen LogP contribution in [-0.4, -0.2) is 19.0 Å². The molecule has 0 radical (unpaired) electrons. The van der Waals surface area contributed by atoms with Gasteiger partial charge in [0.05, 0.1) is 0 Å². The summed E-state index contributed by atoms with van der Waals surface area (Å²) in [5.74, 6) is -0.159. The van der Waals surface area contributed by atoms with Crippen LogP contribution >= 0.6 is 0 Å². The number of nitrogens with one attached hydrogen (secondary N) is 1. The lowest BCUT2D eigenvalue weighted by molar-refractivity contribution is 0.403. The highest BCUT2D eigenvalue weighted by Gasteiger charge is 2.05. The maximum Gasteiger partial charge on any atom is 0.128 e. The summed E-state index contributed by atoms with van der Waals surface area (Å²) < 4.78 is 13.7. The monoisotopic (exact) mass is 272 g/mol. The highest BCUT2D eigenvalue weighted by atomic mass is 19.1. The van der Waals surface area contributed by atoms with E-state index in [4.69, 9.17) is 0 Å². The molecular formula is C17H21FN2. The van der Waals surface area contributed by atoms with Gasteiger partial charge in [-0.3, -0.25) is 0 Å². The van der Waals surface area contributed by atoms with Crippen molar-refractivity contribution in [3.8, 4) is 0 Å². The maximum absolute atomic E-state index is 13.7. The Morgan fingerprint density at radius 3 is 2.55 bits per heavy atom. The van der Waals surface area contributed by atoms with Gasteiger partial charge < -0.3 is 10.2 Å². The maximum atomic E-state index is 13.7. The smallest absolute Gasteiger partial charge is 0.128 e. The Balaban J connectivity index is 2.12. The standard InChI is InChI=1S/C17H21FN2/c1-13-8-9-16(18)15(10-13)11-19-17-7-5-4-6-14(17)12-20(2)3/h4-10,19H,11-12H2,1-3H3. The van der Waals surface area contributed by atoms with E-state index < -0.39 is 0 Å². The second-order valence-corrected chi connectivity index (χ2v) is 5.34. The Hall–Kier alpha value is -1.87. The number of anilines is 1. The fourth-order valence-electron chi connectivity index (χ4n) is 2.20. The minimum absolute atomic E-state index is 0.159. The lowest BCUT2D eigenvalue weighted by atomic mass is 10.1. The third-order valence-corrected chi connectivity index (χ3v) is 3.17. The second-order valence-electron chi connectivity index (χ2n) is 5.34. The number of hydrogen-bond acceptors (Lipinski definition) is 2. The van der Waals surface area contributed by atoms with E-state index in [0.717, 1.165) is 17.8 Å². The normalized spacial score (nSPS) is 10.8. The van der Waals surface area contributed by atoms with Crippen LogP contribution in [-0.2, 0) is 13.1 Å². The summed E-state index contributed by atoms with van der Waals surface area (Å²) in [5, 5.41) is 3.34. The van der Waals surface area contributed by atoms with Crippen molar-refractivity contribution >= 4 is 5.69 Å². The number of hydrogen-bond donors (Lipinski definition) is 1. The van der Waals surface area contributed by atoms with Crippen LogP contribution in [0.25, 0.3) is 0 Å². The molecule has 0 amide bonds. The third-order valence-electron chi connectivity index (χ3n) is 3.17. The van der Waals surface area contributed by atoms with E-state index in [1.54, 1.807) is 6.07 Å². The summed E-state index contributed by atoms with van der Waals surface area (Å²) in [7, 11) is 4.08. The van der Waals surface area contributed by atoms with Crippen molar-refractivity contribution in [1.82, 2.24) is 4.90 Å². The number of para-hydroxylation sites is 1. The molecule has 0 heterocycles. The number of nitrogens with zero attached hydrogens (tertiary/aromatic N) is 1.